The van der Waals surface area contributed by atoms with E-state index in [2.05, 4.69) is 5.32 Å². The summed E-state index contributed by atoms with van der Waals surface area (Å²) in [5.74, 6) is 0.442. The van der Waals surface area contributed by atoms with Gasteiger partial charge < -0.3 is 11.1 Å². The summed E-state index contributed by atoms with van der Waals surface area (Å²) in [6.45, 7) is 0. The van der Waals surface area contributed by atoms with Crippen LogP contribution in [0.5, 0.6) is 0 Å². The van der Waals surface area contributed by atoms with Crippen LogP contribution in [0.4, 0.5) is 5.69 Å². The van der Waals surface area contributed by atoms with Crippen molar-refractivity contribution in [2.45, 2.75) is 31.7 Å². The van der Waals surface area contributed by atoms with Crippen LogP contribution in [0.3, 0.4) is 0 Å². The van der Waals surface area contributed by atoms with Crippen molar-refractivity contribution in [3.8, 4) is 0 Å². The Morgan fingerprint density at radius 1 is 1.29 bits per heavy atom. The molecule has 1 aromatic rings. The first-order valence-corrected chi connectivity index (χ1v) is 5.86. The average Bonchev–Trinajstić information content (AvgIpc) is 2.66. The van der Waals surface area contributed by atoms with E-state index in [1.807, 2.05) is 30.3 Å². The molecule has 0 aromatic heterocycles. The number of para-hydroxylation sites is 1. The van der Waals surface area contributed by atoms with Crippen molar-refractivity contribution in [1.29, 1.82) is 0 Å². The Labute approximate surface area is 108 Å². The second-order valence-corrected chi connectivity index (χ2v) is 4.47. The molecule has 0 unspecified atom stereocenters. The van der Waals surface area contributed by atoms with E-state index in [0.29, 0.717) is 12.3 Å². The lowest BCUT2D eigenvalue weighted by Gasteiger charge is -2.14. The summed E-state index contributed by atoms with van der Waals surface area (Å²) < 4.78 is 0. The largest absolute Gasteiger partial charge is 0.327 e. The molecule has 17 heavy (non-hydrogen) atoms. The molecular weight excluding hydrogens is 236 g/mol. The third-order valence-corrected chi connectivity index (χ3v) is 3.22. The minimum atomic E-state index is 0. The molecule has 1 aliphatic carbocycles. The summed E-state index contributed by atoms with van der Waals surface area (Å²) in [5, 5.41) is 2.89. The van der Waals surface area contributed by atoms with E-state index in [4.69, 9.17) is 5.73 Å². The summed E-state index contributed by atoms with van der Waals surface area (Å²) in [7, 11) is 0. The SMILES string of the molecule is Cl.N[C@@H]1CCC[C@H]1CC(=O)Nc1ccccc1. The van der Waals surface area contributed by atoms with Crippen LogP contribution >= 0.6 is 12.4 Å². The van der Waals surface area contributed by atoms with Crippen molar-refractivity contribution in [2.75, 3.05) is 5.32 Å². The first-order valence-electron chi connectivity index (χ1n) is 5.86. The molecule has 4 heteroatoms. The zero-order valence-corrected chi connectivity index (χ0v) is 10.6. The van der Waals surface area contributed by atoms with Gasteiger partial charge in [0, 0.05) is 18.2 Å². The molecule has 2 rings (SSSR count). The Bertz CT molecular complexity index is 356. The van der Waals surface area contributed by atoms with Crippen molar-refractivity contribution in [3.63, 3.8) is 0 Å². The topological polar surface area (TPSA) is 55.1 Å². The molecule has 94 valence electrons. The number of hydrogen-bond acceptors (Lipinski definition) is 2. The number of halogens is 1. The molecule has 0 heterocycles. The predicted molar refractivity (Wildman–Crippen MR) is 72.3 cm³/mol. The quantitative estimate of drug-likeness (QED) is 0.871. The zero-order valence-electron chi connectivity index (χ0n) is 9.76. The molecule has 1 aliphatic rings. The van der Waals surface area contributed by atoms with Crippen molar-refractivity contribution < 1.29 is 4.79 Å². The summed E-state index contributed by atoms with van der Waals surface area (Å²) in [6, 6.07) is 9.76. The summed E-state index contributed by atoms with van der Waals surface area (Å²) in [4.78, 5) is 11.7. The normalized spacial score (nSPS) is 22.9. The van der Waals surface area contributed by atoms with Gasteiger partial charge in [-0.3, -0.25) is 4.79 Å². The third-order valence-electron chi connectivity index (χ3n) is 3.22. The molecule has 0 saturated heterocycles. The van der Waals surface area contributed by atoms with Crippen LogP contribution in [0.1, 0.15) is 25.7 Å². The van der Waals surface area contributed by atoms with Gasteiger partial charge in [-0.05, 0) is 30.9 Å². The molecule has 0 radical (unpaired) electrons. The van der Waals surface area contributed by atoms with Crippen molar-refractivity contribution in [3.05, 3.63) is 30.3 Å². The molecule has 2 atom stereocenters. The van der Waals surface area contributed by atoms with E-state index in [1.54, 1.807) is 0 Å². The molecule has 0 spiro atoms. The number of carbonyl (C=O) groups is 1. The smallest absolute Gasteiger partial charge is 0.224 e. The molecule has 1 saturated carbocycles. The van der Waals surface area contributed by atoms with Gasteiger partial charge in [0.1, 0.15) is 0 Å². The van der Waals surface area contributed by atoms with Crippen LogP contribution in [0.15, 0.2) is 30.3 Å². The molecule has 3 nitrogen and oxygen atoms in total. The predicted octanol–water partition coefficient (Wildman–Crippen LogP) is 2.56. The van der Waals surface area contributed by atoms with E-state index < -0.39 is 0 Å². The fourth-order valence-electron chi connectivity index (χ4n) is 2.29. The molecule has 3 N–H and O–H groups in total. The number of benzene rings is 1. The average molecular weight is 255 g/mol. The molecule has 0 bridgehead atoms. The Balaban J connectivity index is 0.00000144. The third kappa shape index (κ3) is 4.02. The lowest BCUT2D eigenvalue weighted by molar-refractivity contribution is -0.117. The Kier molecular flexibility index (Phi) is 5.45. The van der Waals surface area contributed by atoms with Crippen LogP contribution in [0.25, 0.3) is 0 Å². The number of hydrogen-bond donors (Lipinski definition) is 2. The number of nitrogens with one attached hydrogen (secondary N) is 1. The highest BCUT2D eigenvalue weighted by Crippen LogP contribution is 2.27. The number of carbonyl (C=O) groups excluding carboxylic acids is 1. The van der Waals surface area contributed by atoms with E-state index in [9.17, 15) is 4.79 Å². The highest BCUT2D eigenvalue weighted by atomic mass is 35.5. The molecule has 0 aliphatic heterocycles. The summed E-state index contributed by atoms with van der Waals surface area (Å²) in [5.41, 5.74) is 6.80. The van der Waals surface area contributed by atoms with Crippen LogP contribution in [-0.2, 0) is 4.79 Å². The van der Waals surface area contributed by atoms with E-state index in [-0.39, 0.29) is 24.4 Å². The summed E-state index contributed by atoms with van der Waals surface area (Å²) >= 11 is 0. The second kappa shape index (κ2) is 6.62. The van der Waals surface area contributed by atoms with Crippen molar-refractivity contribution in [2.24, 2.45) is 11.7 Å². The van der Waals surface area contributed by atoms with E-state index in [0.717, 1.165) is 24.9 Å². The Hall–Kier alpha value is -1.06. The van der Waals surface area contributed by atoms with Gasteiger partial charge >= 0.3 is 0 Å². The van der Waals surface area contributed by atoms with Gasteiger partial charge in [0.05, 0.1) is 0 Å². The van der Waals surface area contributed by atoms with Gasteiger partial charge in [-0.2, -0.15) is 0 Å². The van der Waals surface area contributed by atoms with Gasteiger partial charge in [0.15, 0.2) is 0 Å². The van der Waals surface area contributed by atoms with Gasteiger partial charge in [-0.25, -0.2) is 0 Å². The van der Waals surface area contributed by atoms with Crippen molar-refractivity contribution >= 4 is 24.0 Å². The highest BCUT2D eigenvalue weighted by Gasteiger charge is 2.25. The van der Waals surface area contributed by atoms with E-state index in [1.165, 1.54) is 0 Å². The van der Waals surface area contributed by atoms with Gasteiger partial charge in [-0.1, -0.05) is 24.6 Å². The maximum absolute atomic E-state index is 11.7. The van der Waals surface area contributed by atoms with Gasteiger partial charge in [-0.15, -0.1) is 12.4 Å². The second-order valence-electron chi connectivity index (χ2n) is 4.47. The summed E-state index contributed by atoms with van der Waals surface area (Å²) in [6.07, 6.45) is 3.85. The Morgan fingerprint density at radius 2 is 2.00 bits per heavy atom. The minimum absolute atomic E-state index is 0. The molecule has 1 fully saturated rings. The molecule has 1 aromatic carbocycles. The maximum Gasteiger partial charge on any atom is 0.224 e. The Morgan fingerprint density at radius 3 is 2.59 bits per heavy atom. The highest BCUT2D eigenvalue weighted by molar-refractivity contribution is 5.90. The first kappa shape index (κ1) is 14.0. The van der Waals surface area contributed by atoms with Gasteiger partial charge in [0.2, 0.25) is 5.91 Å². The standard InChI is InChI=1S/C13H18N2O.ClH/c14-12-8-4-5-10(12)9-13(16)15-11-6-2-1-3-7-11;/h1-3,6-7,10,12H,4-5,8-9,14H2,(H,15,16);1H/t10-,12+;/m0./s1. The van der Waals surface area contributed by atoms with Crippen LogP contribution in [-0.4, -0.2) is 11.9 Å². The van der Waals surface area contributed by atoms with Gasteiger partial charge in [0.25, 0.3) is 0 Å². The fraction of sp³-hybridized carbons (Fsp3) is 0.462. The monoisotopic (exact) mass is 254 g/mol. The number of rotatable bonds is 3. The first-order chi connectivity index (χ1) is 7.75. The van der Waals surface area contributed by atoms with Crippen LogP contribution in [0, 0.1) is 5.92 Å². The molecule has 1 amide bonds. The molecular formula is C13H19ClN2O. The fourth-order valence-corrected chi connectivity index (χ4v) is 2.29. The minimum Gasteiger partial charge on any atom is -0.327 e. The number of nitrogens with two attached hydrogens (primary N) is 1. The van der Waals surface area contributed by atoms with E-state index >= 15 is 0 Å². The van der Waals surface area contributed by atoms with Crippen LogP contribution < -0.4 is 11.1 Å². The zero-order chi connectivity index (χ0) is 11.4. The van der Waals surface area contributed by atoms with Crippen molar-refractivity contribution in [1.82, 2.24) is 0 Å². The lowest BCUT2D eigenvalue weighted by atomic mass is 10.00. The lowest BCUT2D eigenvalue weighted by Crippen LogP contribution is -2.28. The number of anilines is 1. The number of amides is 1. The maximum atomic E-state index is 11.7. The van der Waals surface area contributed by atoms with Crippen LogP contribution in [0.2, 0.25) is 0 Å².